The van der Waals surface area contributed by atoms with E-state index >= 15 is 0 Å². The topological polar surface area (TPSA) is 25.2 Å². The summed E-state index contributed by atoms with van der Waals surface area (Å²) in [6, 6.07) is 24.5. The molecule has 0 saturated heterocycles. The molecule has 4 aromatic rings. The molecule has 2 aromatic heterocycles. The number of hydrogen-bond donors (Lipinski definition) is 0. The minimum Gasteiger partial charge on any atom is -0.336 e. The summed E-state index contributed by atoms with van der Waals surface area (Å²) >= 11 is 1.68. The predicted octanol–water partition coefficient (Wildman–Crippen LogP) is 5.57. The Balaban J connectivity index is 1.69. The molecule has 136 valence electrons. The third-order valence-electron chi connectivity index (χ3n) is 4.78. The van der Waals surface area contributed by atoms with Crippen LogP contribution >= 0.6 is 11.3 Å². The maximum atomic E-state index is 13.5. The monoisotopic (exact) mass is 374 g/mol. The second-order valence-electron chi connectivity index (χ2n) is 6.58. The molecule has 0 fully saturated rings. The van der Waals surface area contributed by atoms with E-state index in [1.807, 2.05) is 47.4 Å². The molecule has 2 aromatic carbocycles. The van der Waals surface area contributed by atoms with Crippen LogP contribution in [0, 0.1) is 0 Å². The third-order valence-corrected chi connectivity index (χ3v) is 5.63. The van der Waals surface area contributed by atoms with Gasteiger partial charge in [0.2, 0.25) is 0 Å². The summed E-state index contributed by atoms with van der Waals surface area (Å²) < 4.78 is 3.29. The number of fused-ring (bicyclic) bond motifs is 1. The summed E-state index contributed by atoms with van der Waals surface area (Å²) in [6.07, 6.45) is 0. The van der Waals surface area contributed by atoms with E-state index in [9.17, 15) is 4.79 Å². The van der Waals surface area contributed by atoms with Gasteiger partial charge < -0.3 is 9.47 Å². The fourth-order valence-corrected chi connectivity index (χ4v) is 4.29. The highest BCUT2D eigenvalue weighted by Gasteiger charge is 2.22. The fraction of sp³-hybridized carbons (Fsp3) is 0.174. The molecule has 4 heteroatoms. The lowest BCUT2D eigenvalue weighted by molar-refractivity contribution is 0.0719. The number of hydrogen-bond acceptors (Lipinski definition) is 2. The summed E-state index contributed by atoms with van der Waals surface area (Å²) in [5.74, 6) is 0.0768. The lowest BCUT2D eigenvalue weighted by Crippen LogP contribution is -2.31. The van der Waals surface area contributed by atoms with Crippen LogP contribution < -0.4 is 0 Å². The van der Waals surface area contributed by atoms with Gasteiger partial charge in [0, 0.05) is 19.6 Å². The predicted molar refractivity (Wildman–Crippen MR) is 112 cm³/mol. The van der Waals surface area contributed by atoms with Gasteiger partial charge in [-0.3, -0.25) is 4.79 Å². The number of amides is 1. The highest BCUT2D eigenvalue weighted by Crippen LogP contribution is 2.27. The van der Waals surface area contributed by atoms with Gasteiger partial charge in [0.05, 0.1) is 10.2 Å². The molecule has 0 atom stereocenters. The fourth-order valence-electron chi connectivity index (χ4n) is 3.46. The molecule has 0 N–H and O–H groups in total. The van der Waals surface area contributed by atoms with Gasteiger partial charge in [-0.25, -0.2) is 0 Å². The number of rotatable bonds is 6. The molecule has 0 radical (unpaired) electrons. The SMILES string of the molecule is CCn1c(C(=O)N(Cc2ccccc2)Cc2ccccc2)cc2sccc21. The van der Waals surface area contributed by atoms with Crippen LogP contribution in [0.2, 0.25) is 0 Å². The highest BCUT2D eigenvalue weighted by atomic mass is 32.1. The van der Waals surface area contributed by atoms with Crippen LogP contribution in [0.4, 0.5) is 0 Å². The van der Waals surface area contributed by atoms with Crippen LogP contribution in [-0.4, -0.2) is 15.4 Å². The molecule has 0 aliphatic carbocycles. The van der Waals surface area contributed by atoms with Crippen molar-refractivity contribution in [2.24, 2.45) is 0 Å². The largest absolute Gasteiger partial charge is 0.336 e. The minimum atomic E-state index is 0.0768. The molecule has 3 nitrogen and oxygen atoms in total. The molecule has 0 aliphatic heterocycles. The van der Waals surface area contributed by atoms with Crippen molar-refractivity contribution >= 4 is 27.5 Å². The number of aryl methyl sites for hydroxylation is 1. The Morgan fingerprint density at radius 1 is 0.926 bits per heavy atom. The van der Waals surface area contributed by atoms with E-state index in [1.54, 1.807) is 11.3 Å². The van der Waals surface area contributed by atoms with Crippen LogP contribution in [0.15, 0.2) is 78.2 Å². The Morgan fingerprint density at radius 2 is 1.52 bits per heavy atom. The van der Waals surface area contributed by atoms with Gasteiger partial charge in [-0.2, -0.15) is 0 Å². The van der Waals surface area contributed by atoms with Crippen LogP contribution in [0.25, 0.3) is 10.2 Å². The highest BCUT2D eigenvalue weighted by molar-refractivity contribution is 7.17. The van der Waals surface area contributed by atoms with Crippen molar-refractivity contribution in [3.8, 4) is 0 Å². The van der Waals surface area contributed by atoms with E-state index in [4.69, 9.17) is 0 Å². The molecule has 1 amide bonds. The number of benzene rings is 2. The van der Waals surface area contributed by atoms with Gasteiger partial charge in [-0.1, -0.05) is 60.7 Å². The number of thiophene rings is 1. The first-order chi connectivity index (χ1) is 13.3. The summed E-state index contributed by atoms with van der Waals surface area (Å²) in [7, 11) is 0. The van der Waals surface area contributed by atoms with E-state index in [1.165, 1.54) is 4.70 Å². The first kappa shape index (κ1) is 17.6. The van der Waals surface area contributed by atoms with E-state index in [0.717, 1.165) is 28.9 Å². The summed E-state index contributed by atoms with van der Waals surface area (Å²) in [6.45, 7) is 4.06. The molecule has 4 rings (SSSR count). The summed E-state index contributed by atoms with van der Waals surface area (Å²) in [5.41, 5.74) is 4.19. The van der Waals surface area contributed by atoms with Gasteiger partial charge in [0.1, 0.15) is 5.69 Å². The molecule has 0 spiro atoms. The van der Waals surface area contributed by atoms with Gasteiger partial charge in [0.25, 0.3) is 5.91 Å². The van der Waals surface area contributed by atoms with Gasteiger partial charge in [0.15, 0.2) is 0 Å². The lowest BCUT2D eigenvalue weighted by Gasteiger charge is -2.24. The molecular formula is C23H22N2OS. The van der Waals surface area contributed by atoms with E-state index in [2.05, 4.69) is 47.2 Å². The standard InChI is InChI=1S/C23H22N2OS/c1-2-25-20-13-14-27-22(20)15-21(25)23(26)24(16-18-9-5-3-6-10-18)17-19-11-7-4-8-12-19/h3-15H,2,16-17H2,1H3. The van der Waals surface area contributed by atoms with Crippen molar-refractivity contribution < 1.29 is 4.79 Å². The molecule has 0 saturated carbocycles. The van der Waals surface area contributed by atoms with Crippen molar-refractivity contribution in [1.82, 2.24) is 9.47 Å². The van der Waals surface area contributed by atoms with Crippen LogP contribution in [0.1, 0.15) is 28.5 Å². The van der Waals surface area contributed by atoms with E-state index < -0.39 is 0 Å². The van der Waals surface area contributed by atoms with Crippen LogP contribution in [-0.2, 0) is 19.6 Å². The number of carbonyl (C=O) groups excluding carboxylic acids is 1. The van der Waals surface area contributed by atoms with Crippen LogP contribution in [0.5, 0.6) is 0 Å². The van der Waals surface area contributed by atoms with Crippen molar-refractivity contribution in [3.63, 3.8) is 0 Å². The Bertz CT molecular complexity index is 993. The van der Waals surface area contributed by atoms with Gasteiger partial charge in [-0.15, -0.1) is 11.3 Å². The molecule has 0 unspecified atom stereocenters. The maximum Gasteiger partial charge on any atom is 0.271 e. The Labute approximate surface area is 163 Å². The molecule has 0 aliphatic rings. The second kappa shape index (κ2) is 7.80. The lowest BCUT2D eigenvalue weighted by atomic mass is 10.1. The average Bonchev–Trinajstić information content (AvgIpc) is 3.29. The smallest absolute Gasteiger partial charge is 0.271 e. The van der Waals surface area contributed by atoms with Crippen molar-refractivity contribution in [1.29, 1.82) is 0 Å². The normalized spacial score (nSPS) is 11.0. The van der Waals surface area contributed by atoms with Gasteiger partial charge in [-0.05, 0) is 35.6 Å². The first-order valence-corrected chi connectivity index (χ1v) is 10.1. The Hall–Kier alpha value is -2.85. The number of carbonyl (C=O) groups is 1. The van der Waals surface area contributed by atoms with Crippen molar-refractivity contribution in [2.45, 2.75) is 26.6 Å². The second-order valence-corrected chi connectivity index (χ2v) is 7.52. The molecule has 27 heavy (non-hydrogen) atoms. The molecular weight excluding hydrogens is 352 g/mol. The summed E-state index contributed by atoms with van der Waals surface area (Å²) in [5, 5.41) is 2.08. The quantitative estimate of drug-likeness (QED) is 0.433. The molecule has 2 heterocycles. The number of nitrogens with zero attached hydrogens (tertiary/aromatic N) is 2. The Morgan fingerprint density at radius 3 is 2.07 bits per heavy atom. The number of aromatic nitrogens is 1. The average molecular weight is 375 g/mol. The van der Waals surface area contributed by atoms with Crippen molar-refractivity contribution in [3.05, 3.63) is 95.0 Å². The molecule has 0 bridgehead atoms. The minimum absolute atomic E-state index is 0.0768. The third kappa shape index (κ3) is 3.67. The zero-order chi connectivity index (χ0) is 18.6. The summed E-state index contributed by atoms with van der Waals surface area (Å²) in [4.78, 5) is 15.5. The van der Waals surface area contributed by atoms with E-state index in [-0.39, 0.29) is 5.91 Å². The van der Waals surface area contributed by atoms with Gasteiger partial charge >= 0.3 is 0 Å². The zero-order valence-corrected chi connectivity index (χ0v) is 16.2. The maximum absolute atomic E-state index is 13.5. The van der Waals surface area contributed by atoms with Crippen LogP contribution in [0.3, 0.4) is 0 Å². The van der Waals surface area contributed by atoms with Crippen molar-refractivity contribution in [2.75, 3.05) is 0 Å². The Kier molecular flexibility index (Phi) is 5.07. The zero-order valence-electron chi connectivity index (χ0n) is 15.3. The van der Waals surface area contributed by atoms with E-state index in [0.29, 0.717) is 13.1 Å². The first-order valence-electron chi connectivity index (χ1n) is 9.20.